The lowest BCUT2D eigenvalue weighted by atomic mass is 9.85. The maximum absolute atomic E-state index is 12.2. The van der Waals surface area contributed by atoms with Crippen LogP contribution in [0.3, 0.4) is 0 Å². The third-order valence-electron chi connectivity index (χ3n) is 5.77. The first-order valence-electron chi connectivity index (χ1n) is 9.14. The number of nitrogens with one attached hydrogen (secondary N) is 1. The number of aromatic amines is 1. The molecule has 2 aromatic rings. The van der Waals surface area contributed by atoms with Crippen molar-refractivity contribution in [1.82, 2.24) is 9.88 Å². The second-order valence-corrected chi connectivity index (χ2v) is 7.23. The summed E-state index contributed by atoms with van der Waals surface area (Å²) < 4.78 is 0. The molecule has 4 rings (SSSR count). The van der Waals surface area contributed by atoms with Crippen LogP contribution in [0.25, 0.3) is 10.9 Å². The van der Waals surface area contributed by atoms with Crippen LogP contribution >= 0.6 is 0 Å². The molecule has 2 saturated heterocycles. The van der Waals surface area contributed by atoms with E-state index in [9.17, 15) is 4.79 Å². The van der Waals surface area contributed by atoms with E-state index in [1.54, 1.807) is 0 Å². The molecule has 3 heterocycles. The van der Waals surface area contributed by atoms with Gasteiger partial charge in [-0.1, -0.05) is 6.92 Å². The lowest BCUT2D eigenvalue weighted by molar-refractivity contribution is 0.0982. The fourth-order valence-corrected chi connectivity index (χ4v) is 4.53. The fraction of sp³-hybridized carbons (Fsp3) is 0.550. The number of rotatable bonds is 4. The summed E-state index contributed by atoms with van der Waals surface area (Å²) in [7, 11) is 0. The summed E-state index contributed by atoms with van der Waals surface area (Å²) in [5.74, 6) is 0.909. The summed E-state index contributed by atoms with van der Waals surface area (Å²) >= 11 is 0. The molecule has 0 bridgehead atoms. The number of carbonyl (C=O) groups is 1. The average molecular weight is 310 g/mol. The molecule has 2 unspecified atom stereocenters. The lowest BCUT2D eigenvalue weighted by Gasteiger charge is -2.34. The molecule has 0 amide bonds. The molecule has 2 aliphatic heterocycles. The number of hydrogen-bond donors (Lipinski definition) is 1. The minimum Gasteiger partial charge on any atom is -0.361 e. The molecule has 1 aromatic heterocycles. The summed E-state index contributed by atoms with van der Waals surface area (Å²) in [4.78, 5) is 18.3. The van der Waals surface area contributed by atoms with Crippen molar-refractivity contribution in [2.75, 3.05) is 13.1 Å². The molecule has 0 aliphatic carbocycles. The lowest BCUT2D eigenvalue weighted by Crippen LogP contribution is -2.37. The largest absolute Gasteiger partial charge is 0.361 e. The predicted molar refractivity (Wildman–Crippen MR) is 94.1 cm³/mol. The number of fused-ring (bicyclic) bond motifs is 2. The zero-order valence-electron chi connectivity index (χ0n) is 14.0. The van der Waals surface area contributed by atoms with Gasteiger partial charge in [0.1, 0.15) is 0 Å². The zero-order chi connectivity index (χ0) is 15.8. The van der Waals surface area contributed by atoms with Gasteiger partial charge in [-0.05, 0) is 74.9 Å². The molecule has 2 atom stereocenters. The van der Waals surface area contributed by atoms with E-state index in [4.69, 9.17) is 0 Å². The number of Topliss-reactive ketones (excluding diaryl/α,β-unsaturated/α-hetero) is 1. The quantitative estimate of drug-likeness (QED) is 0.844. The van der Waals surface area contributed by atoms with Crippen LogP contribution in [0.2, 0.25) is 0 Å². The Hall–Kier alpha value is -1.61. The zero-order valence-corrected chi connectivity index (χ0v) is 14.0. The Bertz CT molecular complexity index is 718. The summed E-state index contributed by atoms with van der Waals surface area (Å²) in [6.07, 6.45) is 8.99. The summed E-state index contributed by atoms with van der Waals surface area (Å²) in [6.45, 7) is 4.59. The Balaban J connectivity index is 1.64. The van der Waals surface area contributed by atoms with E-state index < -0.39 is 0 Å². The van der Waals surface area contributed by atoms with E-state index in [0.29, 0.717) is 12.3 Å². The first-order chi connectivity index (χ1) is 11.3. The van der Waals surface area contributed by atoms with Crippen LogP contribution in [0.5, 0.6) is 0 Å². The van der Waals surface area contributed by atoms with Gasteiger partial charge in [-0.25, -0.2) is 0 Å². The van der Waals surface area contributed by atoms with Gasteiger partial charge in [0, 0.05) is 35.1 Å². The van der Waals surface area contributed by atoms with Crippen molar-refractivity contribution in [2.45, 2.75) is 57.4 Å². The molecular weight excluding hydrogens is 284 g/mol. The van der Waals surface area contributed by atoms with Crippen molar-refractivity contribution >= 4 is 16.7 Å². The Morgan fingerprint density at radius 3 is 3.09 bits per heavy atom. The van der Waals surface area contributed by atoms with Gasteiger partial charge in [0.2, 0.25) is 0 Å². The van der Waals surface area contributed by atoms with Gasteiger partial charge >= 0.3 is 0 Å². The van der Waals surface area contributed by atoms with E-state index in [2.05, 4.69) is 35.1 Å². The molecule has 122 valence electrons. The molecule has 3 heteroatoms. The highest BCUT2D eigenvalue weighted by molar-refractivity contribution is 6.00. The van der Waals surface area contributed by atoms with Crippen molar-refractivity contribution in [3.63, 3.8) is 0 Å². The van der Waals surface area contributed by atoms with Crippen LogP contribution in [-0.4, -0.2) is 34.8 Å². The Kier molecular flexibility index (Phi) is 3.98. The highest BCUT2D eigenvalue weighted by atomic mass is 16.1. The average Bonchev–Trinajstić information content (AvgIpc) is 3.20. The molecule has 1 N–H and O–H groups in total. The van der Waals surface area contributed by atoms with Gasteiger partial charge in [-0.3, -0.25) is 4.79 Å². The van der Waals surface area contributed by atoms with Crippen LogP contribution in [0.1, 0.15) is 67.3 Å². The minimum atomic E-state index is 0.271. The second-order valence-electron chi connectivity index (χ2n) is 7.23. The number of aromatic nitrogens is 1. The number of H-pyrrole nitrogens is 1. The first kappa shape index (κ1) is 14.9. The van der Waals surface area contributed by atoms with Crippen LogP contribution in [0.15, 0.2) is 24.4 Å². The van der Waals surface area contributed by atoms with Gasteiger partial charge in [-0.15, -0.1) is 0 Å². The van der Waals surface area contributed by atoms with E-state index in [0.717, 1.165) is 18.0 Å². The van der Waals surface area contributed by atoms with Crippen molar-refractivity contribution in [2.24, 2.45) is 0 Å². The summed E-state index contributed by atoms with van der Waals surface area (Å²) in [5, 5.41) is 1.27. The number of hydrogen-bond acceptors (Lipinski definition) is 2. The monoisotopic (exact) mass is 310 g/mol. The van der Waals surface area contributed by atoms with Crippen molar-refractivity contribution < 1.29 is 4.79 Å². The summed E-state index contributed by atoms with van der Waals surface area (Å²) in [5.41, 5.74) is 3.47. The second kappa shape index (κ2) is 6.12. The number of nitrogens with zero attached hydrogens (tertiary/aromatic N) is 1. The van der Waals surface area contributed by atoms with E-state index in [-0.39, 0.29) is 5.78 Å². The van der Waals surface area contributed by atoms with Crippen LogP contribution in [-0.2, 0) is 0 Å². The van der Waals surface area contributed by atoms with E-state index >= 15 is 0 Å². The number of carbonyl (C=O) groups excluding carboxylic acids is 1. The first-order valence-corrected chi connectivity index (χ1v) is 9.14. The smallest absolute Gasteiger partial charge is 0.162 e. The standard InChI is InChI=1S/C20H26N2O/c1-2-4-20(23)15-6-7-19-17(12-15)18(13-21-19)14-8-10-22-9-3-5-16(22)11-14/h6-7,12-14,16,21H,2-5,8-11H2,1H3. The van der Waals surface area contributed by atoms with Crippen LogP contribution in [0, 0.1) is 0 Å². The Morgan fingerprint density at radius 2 is 2.22 bits per heavy atom. The van der Waals surface area contributed by atoms with Gasteiger partial charge in [0.25, 0.3) is 0 Å². The van der Waals surface area contributed by atoms with E-state index in [1.165, 1.54) is 55.2 Å². The molecule has 3 nitrogen and oxygen atoms in total. The predicted octanol–water partition coefficient (Wildman–Crippen LogP) is 4.49. The molecule has 1 aromatic carbocycles. The van der Waals surface area contributed by atoms with Gasteiger partial charge < -0.3 is 9.88 Å². The molecule has 2 fully saturated rings. The van der Waals surface area contributed by atoms with Crippen LogP contribution < -0.4 is 0 Å². The normalized spacial score (nSPS) is 24.9. The van der Waals surface area contributed by atoms with Crippen LogP contribution in [0.4, 0.5) is 0 Å². The van der Waals surface area contributed by atoms with Gasteiger partial charge in [0.05, 0.1) is 0 Å². The molecule has 23 heavy (non-hydrogen) atoms. The fourth-order valence-electron chi connectivity index (χ4n) is 4.53. The van der Waals surface area contributed by atoms with Crippen molar-refractivity contribution in [1.29, 1.82) is 0 Å². The summed E-state index contributed by atoms with van der Waals surface area (Å²) in [6, 6.07) is 6.95. The van der Waals surface area contributed by atoms with Gasteiger partial charge in [0.15, 0.2) is 5.78 Å². The van der Waals surface area contributed by atoms with Crippen molar-refractivity contribution in [3.05, 3.63) is 35.5 Å². The van der Waals surface area contributed by atoms with Crippen molar-refractivity contribution in [3.8, 4) is 0 Å². The maximum atomic E-state index is 12.2. The third kappa shape index (κ3) is 2.72. The third-order valence-corrected chi connectivity index (χ3v) is 5.77. The highest BCUT2D eigenvalue weighted by Gasteiger charge is 2.33. The number of ketones is 1. The molecule has 0 saturated carbocycles. The SMILES string of the molecule is CCCC(=O)c1ccc2[nH]cc(C3CCN4CCCC4C3)c2c1. The topological polar surface area (TPSA) is 36.1 Å². The van der Waals surface area contributed by atoms with Gasteiger partial charge in [-0.2, -0.15) is 0 Å². The minimum absolute atomic E-state index is 0.271. The number of piperidine rings is 1. The Morgan fingerprint density at radius 1 is 1.30 bits per heavy atom. The number of benzene rings is 1. The molecule has 0 spiro atoms. The molecular formula is C20H26N2O. The maximum Gasteiger partial charge on any atom is 0.162 e. The highest BCUT2D eigenvalue weighted by Crippen LogP contribution is 2.39. The molecule has 2 aliphatic rings. The molecule has 0 radical (unpaired) electrons. The Labute approximate surface area is 138 Å². The van der Waals surface area contributed by atoms with E-state index in [1.807, 2.05) is 6.07 Å².